The van der Waals surface area contributed by atoms with E-state index in [-0.39, 0.29) is 12.4 Å². The number of methoxy groups -OCH3 is 1. The van der Waals surface area contributed by atoms with Crippen LogP contribution in [-0.2, 0) is 27.1 Å². The van der Waals surface area contributed by atoms with Gasteiger partial charge in [0.15, 0.2) is 6.29 Å². The monoisotopic (exact) mass is 373 g/mol. The number of hydrogen-bond donors (Lipinski definition) is 0. The molecule has 0 unspecified atom stereocenters. The molecule has 1 aromatic heterocycles. The summed E-state index contributed by atoms with van der Waals surface area (Å²) in [5.41, 5.74) is 0.167. The Bertz CT molecular complexity index is 733. The third-order valence-electron chi connectivity index (χ3n) is 3.70. The van der Waals surface area contributed by atoms with Crippen molar-refractivity contribution in [2.24, 2.45) is 0 Å². The first-order chi connectivity index (χ1) is 12.2. The summed E-state index contributed by atoms with van der Waals surface area (Å²) < 4.78 is 46.9. The van der Waals surface area contributed by atoms with Gasteiger partial charge in [0.05, 0.1) is 13.7 Å². The van der Waals surface area contributed by atoms with E-state index in [0.717, 1.165) is 5.56 Å². The van der Waals surface area contributed by atoms with Crippen molar-refractivity contribution < 1.29 is 32.1 Å². The number of aromatic nitrogens is 2. The van der Waals surface area contributed by atoms with Crippen LogP contribution < -0.4 is 0 Å². The second kappa shape index (κ2) is 7.94. The Hall–Kier alpha value is -2.30. The average Bonchev–Trinajstić information content (AvgIpc) is 3.12. The molecular weight excluding hydrogens is 355 g/mol. The summed E-state index contributed by atoms with van der Waals surface area (Å²) in [4.78, 5) is 19.7. The van der Waals surface area contributed by atoms with Crippen LogP contribution in [0.2, 0.25) is 0 Å². The second-order valence-corrected chi connectivity index (χ2v) is 5.73. The first kappa shape index (κ1) is 20.0. The first-order valence-corrected chi connectivity index (χ1v) is 7.51. The zero-order valence-electron chi connectivity index (χ0n) is 14.4. The molecule has 0 amide bonds. The van der Waals surface area contributed by atoms with E-state index in [1.165, 1.54) is 19.3 Å². The fraction of sp³-hybridized carbons (Fsp3) is 0.438. The largest absolute Gasteiger partial charge is 0.471 e. The summed E-state index contributed by atoms with van der Waals surface area (Å²) in [6.45, 7) is 2.16. The third-order valence-corrected chi connectivity index (χ3v) is 3.70. The van der Waals surface area contributed by atoms with Gasteiger partial charge >= 0.3 is 12.1 Å². The Morgan fingerprint density at radius 1 is 1.23 bits per heavy atom. The minimum absolute atomic E-state index is 0.152. The molecule has 0 fully saturated rings. The zero-order chi connectivity index (χ0) is 19.4. The fourth-order valence-electron chi connectivity index (χ4n) is 2.10. The molecule has 0 bridgehead atoms. The van der Waals surface area contributed by atoms with Crippen LogP contribution in [0.15, 0.2) is 28.8 Å². The van der Waals surface area contributed by atoms with Crippen molar-refractivity contribution in [3.05, 3.63) is 35.7 Å². The highest BCUT2D eigenvalue weighted by molar-refractivity contribution is 5.62. The summed E-state index contributed by atoms with van der Waals surface area (Å²) in [5.74, 6) is -1.55. The molecular formula is C16H18F3N3O4. The summed E-state index contributed by atoms with van der Waals surface area (Å²) in [6.07, 6.45) is -3.99. The van der Waals surface area contributed by atoms with Crippen molar-refractivity contribution in [1.29, 1.82) is 0 Å². The van der Waals surface area contributed by atoms with Crippen LogP contribution in [0.3, 0.4) is 0 Å². The van der Waals surface area contributed by atoms with Gasteiger partial charge in [0.1, 0.15) is 5.60 Å². The summed E-state index contributed by atoms with van der Waals surface area (Å²) >= 11 is 0. The van der Waals surface area contributed by atoms with Crippen LogP contribution in [0.1, 0.15) is 18.4 Å². The molecule has 0 saturated carbocycles. The number of nitrogens with zero attached hydrogens (tertiary/aromatic N) is 3. The molecule has 0 N–H and O–H groups in total. The smallest absolute Gasteiger partial charge is 0.370 e. The molecule has 2 aromatic rings. The van der Waals surface area contributed by atoms with Crippen molar-refractivity contribution >= 4 is 6.29 Å². The van der Waals surface area contributed by atoms with E-state index in [2.05, 4.69) is 14.7 Å². The summed E-state index contributed by atoms with van der Waals surface area (Å²) in [5, 5.41) is 4.86. The number of benzene rings is 1. The van der Waals surface area contributed by atoms with E-state index in [1.807, 2.05) is 0 Å². The van der Waals surface area contributed by atoms with Crippen molar-refractivity contribution in [2.75, 3.05) is 20.8 Å². The van der Waals surface area contributed by atoms with Crippen molar-refractivity contribution in [3.8, 4) is 11.4 Å². The topological polar surface area (TPSA) is 77.7 Å². The lowest BCUT2D eigenvalue weighted by atomic mass is 10.1. The van der Waals surface area contributed by atoms with Crippen molar-refractivity contribution in [3.63, 3.8) is 0 Å². The minimum atomic E-state index is -4.68. The first-order valence-electron chi connectivity index (χ1n) is 7.51. The van der Waals surface area contributed by atoms with Crippen LogP contribution in [0.4, 0.5) is 13.2 Å². The maximum atomic E-state index is 12.5. The maximum Gasteiger partial charge on any atom is 0.471 e. The lowest BCUT2D eigenvalue weighted by Crippen LogP contribution is -2.42. The zero-order valence-corrected chi connectivity index (χ0v) is 14.4. The quantitative estimate of drug-likeness (QED) is 0.520. The van der Waals surface area contributed by atoms with Gasteiger partial charge in [-0.25, -0.2) is 0 Å². The van der Waals surface area contributed by atoms with Gasteiger partial charge in [-0.05, 0) is 12.5 Å². The van der Waals surface area contributed by atoms with Gasteiger partial charge in [-0.2, -0.15) is 23.2 Å². The van der Waals surface area contributed by atoms with E-state index < -0.39 is 17.7 Å². The van der Waals surface area contributed by atoms with Crippen LogP contribution in [0, 0.1) is 0 Å². The van der Waals surface area contributed by atoms with Gasteiger partial charge in [0.2, 0.25) is 5.82 Å². The van der Waals surface area contributed by atoms with Crippen LogP contribution in [-0.4, -0.2) is 47.9 Å². The SMILES string of the molecule is CON(Cc1ccc(-c2noc(C(F)(F)F)n2)cc1)C[C@](C)(C=O)OC. The van der Waals surface area contributed by atoms with E-state index in [0.29, 0.717) is 18.4 Å². The summed E-state index contributed by atoms with van der Waals surface area (Å²) in [6, 6.07) is 6.53. The minimum Gasteiger partial charge on any atom is -0.370 e. The lowest BCUT2D eigenvalue weighted by Gasteiger charge is -2.28. The molecule has 26 heavy (non-hydrogen) atoms. The number of hydrogen-bond acceptors (Lipinski definition) is 7. The van der Waals surface area contributed by atoms with Gasteiger partial charge in [-0.1, -0.05) is 29.4 Å². The molecule has 1 atom stereocenters. The third kappa shape index (κ3) is 4.87. The lowest BCUT2D eigenvalue weighted by molar-refractivity contribution is -0.178. The molecule has 142 valence electrons. The molecule has 0 saturated heterocycles. The highest BCUT2D eigenvalue weighted by Gasteiger charge is 2.38. The van der Waals surface area contributed by atoms with Crippen LogP contribution in [0.25, 0.3) is 11.4 Å². The molecule has 0 aliphatic carbocycles. The molecule has 0 radical (unpaired) electrons. The van der Waals surface area contributed by atoms with Gasteiger partial charge in [0.25, 0.3) is 0 Å². The number of rotatable bonds is 8. The van der Waals surface area contributed by atoms with Gasteiger partial charge < -0.3 is 18.9 Å². The molecule has 2 rings (SSSR count). The Labute approximate surface area is 147 Å². The number of halogens is 3. The Kier molecular flexibility index (Phi) is 6.11. The number of aldehydes is 1. The molecule has 1 heterocycles. The number of carbonyl (C=O) groups excluding carboxylic acids is 1. The average molecular weight is 373 g/mol. The molecule has 1 aromatic carbocycles. The number of ether oxygens (including phenoxy) is 1. The number of hydroxylamine groups is 2. The van der Waals surface area contributed by atoms with Gasteiger partial charge in [0, 0.05) is 19.2 Å². The molecule has 10 heteroatoms. The highest BCUT2D eigenvalue weighted by atomic mass is 19.4. The highest BCUT2D eigenvalue weighted by Crippen LogP contribution is 2.29. The Balaban J connectivity index is 2.09. The van der Waals surface area contributed by atoms with E-state index in [9.17, 15) is 18.0 Å². The van der Waals surface area contributed by atoms with Crippen molar-refractivity contribution in [2.45, 2.75) is 25.2 Å². The fourth-order valence-corrected chi connectivity index (χ4v) is 2.10. The molecule has 0 aliphatic heterocycles. The normalized spacial score (nSPS) is 14.4. The number of alkyl halides is 3. The van der Waals surface area contributed by atoms with Gasteiger partial charge in [-0.15, -0.1) is 0 Å². The van der Waals surface area contributed by atoms with Crippen LogP contribution >= 0.6 is 0 Å². The predicted molar refractivity (Wildman–Crippen MR) is 83.6 cm³/mol. The van der Waals surface area contributed by atoms with Crippen molar-refractivity contribution in [1.82, 2.24) is 15.2 Å². The molecule has 0 spiro atoms. The van der Waals surface area contributed by atoms with E-state index >= 15 is 0 Å². The van der Waals surface area contributed by atoms with Gasteiger partial charge in [-0.3, -0.25) is 0 Å². The molecule has 7 nitrogen and oxygen atoms in total. The standard InChI is InChI=1S/C16H18F3N3O4/c1-15(10-23,24-2)9-22(25-3)8-11-4-6-12(7-5-11)13-20-14(26-21-13)16(17,18)19/h4-7,10H,8-9H2,1-3H3/t15-/m1/s1. The Morgan fingerprint density at radius 2 is 1.88 bits per heavy atom. The van der Waals surface area contributed by atoms with E-state index in [4.69, 9.17) is 9.57 Å². The predicted octanol–water partition coefficient (Wildman–Crippen LogP) is 2.72. The Morgan fingerprint density at radius 3 is 2.35 bits per heavy atom. The summed E-state index contributed by atoms with van der Waals surface area (Å²) in [7, 11) is 2.89. The van der Waals surface area contributed by atoms with Crippen LogP contribution in [0.5, 0.6) is 0 Å². The second-order valence-electron chi connectivity index (χ2n) is 5.73. The van der Waals surface area contributed by atoms with E-state index in [1.54, 1.807) is 31.2 Å². The number of carbonyl (C=O) groups is 1. The molecule has 0 aliphatic rings. The maximum absolute atomic E-state index is 12.5.